The molecule has 1 amide bonds. The smallest absolute Gasteiger partial charge is 0.256 e. The Hall–Kier alpha value is -2.82. The third kappa shape index (κ3) is 2.58. The molecule has 0 aliphatic carbocycles. The van der Waals surface area contributed by atoms with Gasteiger partial charge in [0.1, 0.15) is 0 Å². The summed E-state index contributed by atoms with van der Waals surface area (Å²) in [6.07, 6.45) is 0. The van der Waals surface area contributed by atoms with Crippen LogP contribution in [0, 0.1) is 0 Å². The Morgan fingerprint density at radius 3 is 2.52 bits per heavy atom. The maximum atomic E-state index is 12.3. The second kappa shape index (κ2) is 5.28. The number of H-pyrrole nitrogens is 1. The van der Waals surface area contributed by atoms with Gasteiger partial charge in [-0.3, -0.25) is 9.89 Å². The molecule has 0 aliphatic heterocycles. The molecule has 0 atom stereocenters. The van der Waals surface area contributed by atoms with Crippen LogP contribution in [0.2, 0.25) is 0 Å². The van der Waals surface area contributed by atoms with Crippen molar-refractivity contribution in [1.29, 1.82) is 0 Å². The molecule has 1 heterocycles. The van der Waals surface area contributed by atoms with Crippen LogP contribution in [0.1, 0.15) is 10.4 Å². The molecule has 5 nitrogen and oxygen atoms in total. The van der Waals surface area contributed by atoms with Gasteiger partial charge in [0, 0.05) is 30.7 Å². The largest absolute Gasteiger partial charge is 0.378 e. The molecule has 0 bridgehead atoms. The number of nitrogens with zero attached hydrogens (tertiary/aromatic N) is 2. The molecule has 0 spiro atoms. The van der Waals surface area contributed by atoms with Crippen LogP contribution in [0.25, 0.3) is 10.9 Å². The second-order valence-corrected chi connectivity index (χ2v) is 5.01. The lowest BCUT2D eigenvalue weighted by Gasteiger charge is -2.12. The highest BCUT2D eigenvalue weighted by molar-refractivity contribution is 6.07. The van der Waals surface area contributed by atoms with E-state index in [1.165, 1.54) is 0 Å². The summed E-state index contributed by atoms with van der Waals surface area (Å²) in [7, 11) is 3.93. The van der Waals surface area contributed by atoms with E-state index >= 15 is 0 Å². The van der Waals surface area contributed by atoms with Crippen molar-refractivity contribution in [2.75, 3.05) is 24.3 Å². The zero-order chi connectivity index (χ0) is 14.8. The van der Waals surface area contributed by atoms with Gasteiger partial charge >= 0.3 is 0 Å². The average molecular weight is 280 g/mol. The van der Waals surface area contributed by atoms with E-state index in [1.54, 1.807) is 12.1 Å². The van der Waals surface area contributed by atoms with Gasteiger partial charge in [0.05, 0.1) is 5.52 Å². The van der Waals surface area contributed by atoms with Gasteiger partial charge in [-0.1, -0.05) is 12.1 Å². The van der Waals surface area contributed by atoms with E-state index in [9.17, 15) is 4.79 Å². The van der Waals surface area contributed by atoms with Gasteiger partial charge in [-0.2, -0.15) is 5.10 Å². The number of hydrogen-bond acceptors (Lipinski definition) is 3. The first kappa shape index (κ1) is 13.2. The summed E-state index contributed by atoms with van der Waals surface area (Å²) in [5.41, 5.74) is 2.56. The maximum Gasteiger partial charge on any atom is 0.256 e. The molecule has 0 unspecified atom stereocenters. The van der Waals surface area contributed by atoms with E-state index in [-0.39, 0.29) is 5.91 Å². The number of hydrogen-bond donors (Lipinski definition) is 2. The number of carbonyl (C=O) groups is 1. The minimum atomic E-state index is -0.169. The summed E-state index contributed by atoms with van der Waals surface area (Å²) < 4.78 is 0. The van der Waals surface area contributed by atoms with E-state index in [0.717, 1.165) is 16.6 Å². The Bertz CT molecular complexity index is 774. The SMILES string of the molecule is CN(C)c1ccc(C(=O)Nc2n[nH]c3ccccc23)cc1. The molecular formula is C16H16N4O. The minimum absolute atomic E-state index is 0.169. The fourth-order valence-corrected chi connectivity index (χ4v) is 2.15. The highest BCUT2D eigenvalue weighted by Gasteiger charge is 2.10. The Kier molecular flexibility index (Phi) is 3.31. The molecule has 2 N–H and O–H groups in total. The number of para-hydroxylation sites is 1. The summed E-state index contributed by atoms with van der Waals surface area (Å²) in [6.45, 7) is 0. The highest BCUT2D eigenvalue weighted by Crippen LogP contribution is 2.20. The number of carbonyl (C=O) groups excluding carboxylic acids is 1. The first-order valence-electron chi connectivity index (χ1n) is 6.67. The van der Waals surface area contributed by atoms with E-state index in [0.29, 0.717) is 11.4 Å². The predicted octanol–water partition coefficient (Wildman–Crippen LogP) is 2.88. The van der Waals surface area contributed by atoms with Crippen LogP contribution < -0.4 is 10.2 Å². The Labute approximate surface area is 122 Å². The molecule has 0 saturated heterocycles. The molecule has 3 rings (SSSR count). The normalized spacial score (nSPS) is 10.6. The Morgan fingerprint density at radius 2 is 1.81 bits per heavy atom. The van der Waals surface area contributed by atoms with Crippen molar-refractivity contribution < 1.29 is 4.79 Å². The molecule has 0 radical (unpaired) electrons. The van der Waals surface area contributed by atoms with Gasteiger partial charge in [-0.05, 0) is 36.4 Å². The maximum absolute atomic E-state index is 12.3. The van der Waals surface area contributed by atoms with Crippen LogP contribution in [-0.2, 0) is 0 Å². The number of benzene rings is 2. The zero-order valence-corrected chi connectivity index (χ0v) is 11.9. The van der Waals surface area contributed by atoms with Crippen molar-refractivity contribution >= 4 is 28.3 Å². The second-order valence-electron chi connectivity index (χ2n) is 5.01. The molecule has 0 aliphatic rings. The van der Waals surface area contributed by atoms with Crippen molar-refractivity contribution in [3.05, 3.63) is 54.1 Å². The van der Waals surface area contributed by atoms with Crippen LogP contribution in [0.4, 0.5) is 11.5 Å². The number of nitrogens with one attached hydrogen (secondary N) is 2. The molecule has 106 valence electrons. The Balaban J connectivity index is 1.83. The molecule has 0 saturated carbocycles. The molecule has 5 heteroatoms. The van der Waals surface area contributed by atoms with Gasteiger partial charge in [0.15, 0.2) is 5.82 Å². The lowest BCUT2D eigenvalue weighted by atomic mass is 10.2. The van der Waals surface area contributed by atoms with Crippen molar-refractivity contribution in [3.63, 3.8) is 0 Å². The van der Waals surface area contributed by atoms with Crippen LogP contribution >= 0.6 is 0 Å². The van der Waals surface area contributed by atoms with Gasteiger partial charge in [0.25, 0.3) is 5.91 Å². The third-order valence-corrected chi connectivity index (χ3v) is 3.35. The summed E-state index contributed by atoms with van der Waals surface area (Å²) in [6, 6.07) is 15.1. The van der Waals surface area contributed by atoms with Crippen LogP contribution in [0.5, 0.6) is 0 Å². The standard InChI is InChI=1S/C16H16N4O/c1-20(2)12-9-7-11(8-10-12)16(21)17-15-13-5-3-4-6-14(13)18-19-15/h3-10H,1-2H3,(H2,17,18,19,21). The Morgan fingerprint density at radius 1 is 1.10 bits per heavy atom. The molecular weight excluding hydrogens is 264 g/mol. The third-order valence-electron chi connectivity index (χ3n) is 3.35. The predicted molar refractivity (Wildman–Crippen MR) is 84.8 cm³/mol. The zero-order valence-electron chi connectivity index (χ0n) is 11.9. The molecule has 0 fully saturated rings. The molecule has 1 aromatic heterocycles. The van der Waals surface area contributed by atoms with E-state index in [1.807, 2.05) is 55.4 Å². The van der Waals surface area contributed by atoms with E-state index < -0.39 is 0 Å². The van der Waals surface area contributed by atoms with Crippen molar-refractivity contribution in [3.8, 4) is 0 Å². The van der Waals surface area contributed by atoms with Crippen molar-refractivity contribution in [1.82, 2.24) is 10.2 Å². The quantitative estimate of drug-likeness (QED) is 0.775. The number of aromatic amines is 1. The summed E-state index contributed by atoms with van der Waals surface area (Å²) >= 11 is 0. The van der Waals surface area contributed by atoms with Crippen molar-refractivity contribution in [2.24, 2.45) is 0 Å². The fourth-order valence-electron chi connectivity index (χ4n) is 2.15. The highest BCUT2D eigenvalue weighted by atomic mass is 16.1. The number of anilines is 2. The minimum Gasteiger partial charge on any atom is -0.378 e. The van der Waals surface area contributed by atoms with E-state index in [4.69, 9.17) is 0 Å². The average Bonchev–Trinajstić information content (AvgIpc) is 2.91. The van der Waals surface area contributed by atoms with Gasteiger partial charge in [-0.25, -0.2) is 0 Å². The first-order chi connectivity index (χ1) is 10.1. The fraction of sp³-hybridized carbons (Fsp3) is 0.125. The number of aromatic nitrogens is 2. The first-order valence-corrected chi connectivity index (χ1v) is 6.67. The van der Waals surface area contributed by atoms with Gasteiger partial charge in [-0.15, -0.1) is 0 Å². The van der Waals surface area contributed by atoms with Crippen LogP contribution in [0.15, 0.2) is 48.5 Å². The summed E-state index contributed by atoms with van der Waals surface area (Å²) in [4.78, 5) is 14.2. The molecule has 3 aromatic rings. The molecule has 2 aromatic carbocycles. The number of amides is 1. The summed E-state index contributed by atoms with van der Waals surface area (Å²) in [5.74, 6) is 0.379. The lowest BCUT2D eigenvalue weighted by molar-refractivity contribution is 0.102. The molecule has 21 heavy (non-hydrogen) atoms. The van der Waals surface area contributed by atoms with Crippen LogP contribution in [-0.4, -0.2) is 30.2 Å². The topological polar surface area (TPSA) is 61.0 Å². The number of fused-ring (bicyclic) bond motifs is 1. The van der Waals surface area contributed by atoms with Crippen LogP contribution in [0.3, 0.4) is 0 Å². The summed E-state index contributed by atoms with van der Waals surface area (Å²) in [5, 5.41) is 10.8. The lowest BCUT2D eigenvalue weighted by Crippen LogP contribution is -2.13. The van der Waals surface area contributed by atoms with Gasteiger partial charge < -0.3 is 10.2 Å². The van der Waals surface area contributed by atoms with E-state index in [2.05, 4.69) is 15.5 Å². The van der Waals surface area contributed by atoms with Gasteiger partial charge in [0.2, 0.25) is 0 Å². The number of rotatable bonds is 3. The monoisotopic (exact) mass is 280 g/mol. The van der Waals surface area contributed by atoms with Crippen molar-refractivity contribution in [2.45, 2.75) is 0 Å².